The Morgan fingerprint density at radius 1 is 1.47 bits per heavy atom. The molecule has 78 valence electrons. The fourth-order valence-electron chi connectivity index (χ4n) is 1.70. The molecule has 0 amide bonds. The summed E-state index contributed by atoms with van der Waals surface area (Å²) in [5, 5.41) is 0. The van der Waals surface area contributed by atoms with Crippen LogP contribution in [0.1, 0.15) is 12.5 Å². The van der Waals surface area contributed by atoms with E-state index in [0.717, 1.165) is 16.7 Å². The minimum atomic E-state index is 0.845. The highest BCUT2D eigenvalue weighted by Crippen LogP contribution is 2.35. The predicted octanol–water partition coefficient (Wildman–Crippen LogP) is 4.07. The highest BCUT2D eigenvalue weighted by molar-refractivity contribution is 9.10. The fraction of sp³-hybridized carbons (Fsp3) is 0.167. The first kappa shape index (κ1) is 10.8. The van der Waals surface area contributed by atoms with E-state index in [0.29, 0.717) is 0 Å². The molecule has 1 aromatic carbocycles. The quantitative estimate of drug-likeness (QED) is 0.760. The van der Waals surface area contributed by atoms with Gasteiger partial charge in [0.1, 0.15) is 0 Å². The molecular formula is C12H12BrNS. The molecule has 1 aliphatic rings. The van der Waals surface area contributed by atoms with E-state index in [2.05, 4.69) is 59.1 Å². The molecule has 0 atom stereocenters. The van der Waals surface area contributed by atoms with Gasteiger partial charge in [0.05, 0.1) is 5.69 Å². The summed E-state index contributed by atoms with van der Waals surface area (Å²) in [5.74, 6) is 0. The fourth-order valence-corrected chi connectivity index (χ4v) is 2.31. The molecule has 1 nitrogen and oxygen atoms in total. The Kier molecular flexibility index (Phi) is 3.22. The molecule has 3 heteroatoms. The first-order valence-electron chi connectivity index (χ1n) is 4.81. The van der Waals surface area contributed by atoms with Crippen LogP contribution >= 0.6 is 28.7 Å². The Bertz CT molecular complexity index is 437. The molecule has 0 saturated heterocycles. The topological polar surface area (TPSA) is 3.24 Å². The minimum absolute atomic E-state index is 0.845. The van der Waals surface area contributed by atoms with E-state index in [-0.39, 0.29) is 0 Å². The lowest BCUT2D eigenvalue weighted by Gasteiger charge is -2.25. The van der Waals surface area contributed by atoms with Crippen molar-refractivity contribution in [1.29, 1.82) is 0 Å². The van der Waals surface area contributed by atoms with Crippen LogP contribution in [0.2, 0.25) is 0 Å². The summed E-state index contributed by atoms with van der Waals surface area (Å²) in [6, 6.07) is 6.26. The summed E-state index contributed by atoms with van der Waals surface area (Å²) in [6.07, 6.45) is 6.37. The Morgan fingerprint density at radius 3 is 3.00 bits per heavy atom. The normalized spacial score (nSPS) is 15.4. The van der Waals surface area contributed by atoms with Gasteiger partial charge in [0.25, 0.3) is 0 Å². The van der Waals surface area contributed by atoms with Gasteiger partial charge in [0.2, 0.25) is 0 Å². The Balaban J connectivity index is 2.55. The third kappa shape index (κ3) is 2.13. The molecular weight excluding hydrogens is 270 g/mol. The van der Waals surface area contributed by atoms with E-state index in [1.807, 2.05) is 17.3 Å². The largest absolute Gasteiger partial charge is 0.314 e. The monoisotopic (exact) mass is 281 g/mol. The van der Waals surface area contributed by atoms with E-state index >= 15 is 0 Å². The lowest BCUT2D eigenvalue weighted by molar-refractivity contribution is 1.19. The lowest BCUT2D eigenvalue weighted by Crippen LogP contribution is -2.16. The zero-order valence-electron chi connectivity index (χ0n) is 8.44. The molecule has 0 fully saturated rings. The zero-order valence-corrected chi connectivity index (χ0v) is 10.9. The number of nitrogens with zero attached hydrogens (tertiary/aromatic N) is 1. The number of anilines is 1. The van der Waals surface area contributed by atoms with E-state index in [1.165, 1.54) is 11.1 Å². The van der Waals surface area contributed by atoms with E-state index < -0.39 is 0 Å². The van der Waals surface area contributed by atoms with Gasteiger partial charge in [0, 0.05) is 16.6 Å². The molecule has 1 aliphatic heterocycles. The SMILES string of the molecule is CC=CC1=CCN(S)c2ccc(Br)cc21. The number of rotatable bonds is 1. The van der Waals surface area contributed by atoms with Crippen molar-refractivity contribution in [3.8, 4) is 0 Å². The highest BCUT2D eigenvalue weighted by Gasteiger charge is 2.14. The highest BCUT2D eigenvalue weighted by atomic mass is 79.9. The van der Waals surface area contributed by atoms with Crippen LogP contribution in [-0.4, -0.2) is 6.54 Å². The predicted molar refractivity (Wildman–Crippen MR) is 73.3 cm³/mol. The second-order valence-corrected chi connectivity index (χ2v) is 4.80. The summed E-state index contributed by atoms with van der Waals surface area (Å²) in [7, 11) is 0. The molecule has 0 N–H and O–H groups in total. The minimum Gasteiger partial charge on any atom is -0.314 e. The second-order valence-electron chi connectivity index (χ2n) is 3.40. The van der Waals surface area contributed by atoms with Crippen LogP contribution in [0.25, 0.3) is 5.57 Å². The summed E-state index contributed by atoms with van der Waals surface area (Å²) in [5.41, 5.74) is 3.65. The van der Waals surface area contributed by atoms with Crippen molar-refractivity contribution in [2.45, 2.75) is 6.92 Å². The number of fused-ring (bicyclic) bond motifs is 1. The molecule has 0 spiro atoms. The number of halogens is 1. The van der Waals surface area contributed by atoms with Gasteiger partial charge < -0.3 is 4.31 Å². The molecule has 1 aromatic rings. The standard InChI is InChI=1S/C12H12BrNS/c1-2-3-9-6-7-14(15)12-5-4-10(13)8-11(9)12/h2-6,8,15H,7H2,1H3. The van der Waals surface area contributed by atoms with Crippen molar-refractivity contribution in [3.63, 3.8) is 0 Å². The van der Waals surface area contributed by atoms with Gasteiger partial charge in [-0.05, 0) is 30.7 Å². The molecule has 2 rings (SSSR count). The second kappa shape index (κ2) is 4.45. The van der Waals surface area contributed by atoms with Crippen LogP contribution in [0.3, 0.4) is 0 Å². The Morgan fingerprint density at radius 2 is 2.27 bits per heavy atom. The number of hydrogen-bond donors (Lipinski definition) is 1. The Labute approximate surface area is 104 Å². The summed E-state index contributed by atoms with van der Waals surface area (Å²) >= 11 is 7.93. The molecule has 15 heavy (non-hydrogen) atoms. The van der Waals surface area contributed by atoms with Gasteiger partial charge in [-0.2, -0.15) is 0 Å². The van der Waals surface area contributed by atoms with E-state index in [4.69, 9.17) is 0 Å². The molecule has 0 radical (unpaired) electrons. The molecule has 0 aromatic heterocycles. The third-order valence-electron chi connectivity index (χ3n) is 2.38. The zero-order chi connectivity index (χ0) is 10.8. The van der Waals surface area contributed by atoms with Gasteiger partial charge >= 0.3 is 0 Å². The van der Waals surface area contributed by atoms with Crippen molar-refractivity contribution in [2.75, 3.05) is 10.8 Å². The smallest absolute Gasteiger partial charge is 0.0550 e. The first-order chi connectivity index (χ1) is 7.22. The number of thiol groups is 1. The Hall–Kier alpha value is -0.670. The van der Waals surface area contributed by atoms with Crippen LogP contribution in [0.4, 0.5) is 5.69 Å². The van der Waals surface area contributed by atoms with Gasteiger partial charge in [-0.25, -0.2) is 0 Å². The van der Waals surface area contributed by atoms with Crippen molar-refractivity contribution >= 4 is 40.0 Å². The maximum atomic E-state index is 4.43. The van der Waals surface area contributed by atoms with Gasteiger partial charge in [-0.3, -0.25) is 0 Å². The maximum Gasteiger partial charge on any atom is 0.0550 e. The van der Waals surface area contributed by atoms with Crippen molar-refractivity contribution in [1.82, 2.24) is 0 Å². The summed E-state index contributed by atoms with van der Waals surface area (Å²) < 4.78 is 3.05. The first-order valence-corrected chi connectivity index (χ1v) is 6.01. The van der Waals surface area contributed by atoms with Gasteiger partial charge in [-0.15, -0.1) is 0 Å². The lowest BCUT2D eigenvalue weighted by atomic mass is 10.00. The number of allylic oxidation sites excluding steroid dienone is 3. The van der Waals surface area contributed by atoms with Crippen molar-refractivity contribution in [2.24, 2.45) is 0 Å². The van der Waals surface area contributed by atoms with Crippen LogP contribution in [0, 0.1) is 0 Å². The van der Waals surface area contributed by atoms with Crippen LogP contribution in [0.15, 0.2) is 40.9 Å². The van der Waals surface area contributed by atoms with Crippen molar-refractivity contribution < 1.29 is 0 Å². The number of benzene rings is 1. The van der Waals surface area contributed by atoms with E-state index in [1.54, 1.807) is 0 Å². The average molecular weight is 282 g/mol. The van der Waals surface area contributed by atoms with Crippen LogP contribution < -0.4 is 4.31 Å². The van der Waals surface area contributed by atoms with Crippen LogP contribution in [0.5, 0.6) is 0 Å². The average Bonchev–Trinajstić information content (AvgIpc) is 2.22. The van der Waals surface area contributed by atoms with Gasteiger partial charge in [0.15, 0.2) is 0 Å². The van der Waals surface area contributed by atoms with Gasteiger partial charge in [-0.1, -0.05) is 47.0 Å². The van der Waals surface area contributed by atoms with Crippen LogP contribution in [-0.2, 0) is 0 Å². The molecule has 1 heterocycles. The maximum absolute atomic E-state index is 4.43. The molecule has 0 saturated carbocycles. The summed E-state index contributed by atoms with van der Waals surface area (Å²) in [6.45, 7) is 2.88. The van der Waals surface area contributed by atoms with E-state index in [9.17, 15) is 0 Å². The molecule has 0 bridgehead atoms. The number of hydrogen-bond acceptors (Lipinski definition) is 2. The third-order valence-corrected chi connectivity index (χ3v) is 3.25. The molecule has 0 unspecified atom stereocenters. The summed E-state index contributed by atoms with van der Waals surface area (Å²) in [4.78, 5) is 0. The molecule has 0 aliphatic carbocycles. The van der Waals surface area contributed by atoms with Crippen molar-refractivity contribution in [3.05, 3.63) is 46.5 Å².